The number of amides is 2. The number of hydrogen-bond acceptors (Lipinski definition) is 4. The highest BCUT2D eigenvalue weighted by Crippen LogP contribution is 2.20. The third kappa shape index (κ3) is 5.49. The summed E-state index contributed by atoms with van der Waals surface area (Å²) in [6, 6.07) is 7.14. The number of hydrogen-bond donors (Lipinski definition) is 1. The third-order valence-corrected chi connectivity index (χ3v) is 4.00. The van der Waals surface area contributed by atoms with Crippen LogP contribution in [0.25, 0.3) is 0 Å². The number of para-hydroxylation sites is 1. The lowest BCUT2D eigenvalue weighted by Crippen LogP contribution is -2.51. The molecule has 2 amide bonds. The molecule has 23 heavy (non-hydrogen) atoms. The van der Waals surface area contributed by atoms with Crippen molar-refractivity contribution in [2.45, 2.75) is 6.92 Å². The molecule has 0 unspecified atom stereocenters. The highest BCUT2D eigenvalue weighted by Gasteiger charge is 2.22. The van der Waals surface area contributed by atoms with Crippen molar-refractivity contribution in [1.29, 1.82) is 0 Å². The van der Waals surface area contributed by atoms with E-state index in [9.17, 15) is 9.59 Å². The predicted octanol–water partition coefficient (Wildman–Crippen LogP) is 1.46. The Hall–Kier alpha value is -1.63. The molecule has 126 valence electrons. The van der Waals surface area contributed by atoms with Gasteiger partial charge in [0.1, 0.15) is 6.61 Å². The van der Waals surface area contributed by atoms with E-state index < -0.39 is 0 Å². The number of halogens is 1. The monoisotopic (exact) mass is 339 g/mol. The standard InChI is InChI=1S/C16H22ClN3O3/c1-2-23-12-16(22)20-9-7-19(8-10-20)11-15(21)18-14-6-4-3-5-13(14)17/h3-6H,2,7-12H2,1H3,(H,18,21). The number of benzene rings is 1. The number of nitrogens with one attached hydrogen (secondary N) is 1. The number of nitrogens with zero attached hydrogens (tertiary/aromatic N) is 2. The Labute approximate surface area is 141 Å². The van der Waals surface area contributed by atoms with Crippen molar-refractivity contribution in [2.75, 3.05) is 51.3 Å². The lowest BCUT2D eigenvalue weighted by Gasteiger charge is -2.34. The average Bonchev–Trinajstić information content (AvgIpc) is 2.55. The molecule has 0 spiro atoms. The minimum absolute atomic E-state index is 0.00650. The SMILES string of the molecule is CCOCC(=O)N1CCN(CC(=O)Nc2ccccc2Cl)CC1. The quantitative estimate of drug-likeness (QED) is 0.852. The maximum atomic E-state index is 12.1. The summed E-state index contributed by atoms with van der Waals surface area (Å²) in [5, 5.41) is 3.33. The van der Waals surface area contributed by atoms with Gasteiger partial charge in [0, 0.05) is 32.8 Å². The summed E-state index contributed by atoms with van der Waals surface area (Å²) in [4.78, 5) is 27.7. The zero-order valence-electron chi connectivity index (χ0n) is 13.3. The Morgan fingerprint density at radius 3 is 2.57 bits per heavy atom. The zero-order valence-corrected chi connectivity index (χ0v) is 14.0. The van der Waals surface area contributed by atoms with Crippen LogP contribution in [0, 0.1) is 0 Å². The van der Waals surface area contributed by atoms with Crippen LogP contribution in [-0.2, 0) is 14.3 Å². The smallest absolute Gasteiger partial charge is 0.248 e. The second-order valence-electron chi connectivity index (χ2n) is 5.32. The van der Waals surface area contributed by atoms with Gasteiger partial charge in [0.15, 0.2) is 0 Å². The van der Waals surface area contributed by atoms with E-state index in [1.54, 1.807) is 17.0 Å². The van der Waals surface area contributed by atoms with Crippen molar-refractivity contribution in [1.82, 2.24) is 9.80 Å². The Bertz CT molecular complexity index is 545. The van der Waals surface area contributed by atoms with Crippen molar-refractivity contribution >= 4 is 29.1 Å². The number of rotatable bonds is 6. The molecular formula is C16H22ClN3O3. The van der Waals surface area contributed by atoms with Crippen LogP contribution >= 0.6 is 11.6 Å². The molecule has 1 aromatic rings. The molecule has 6 nitrogen and oxygen atoms in total. The Balaban J connectivity index is 1.74. The molecule has 0 saturated carbocycles. The molecule has 0 atom stereocenters. The molecule has 1 aliphatic rings. The highest BCUT2D eigenvalue weighted by molar-refractivity contribution is 6.33. The fourth-order valence-corrected chi connectivity index (χ4v) is 2.57. The van der Waals surface area contributed by atoms with Gasteiger partial charge in [-0.15, -0.1) is 0 Å². The molecule has 0 aliphatic carbocycles. The number of piperazine rings is 1. The summed E-state index contributed by atoms with van der Waals surface area (Å²) in [5.41, 5.74) is 0.615. The van der Waals surface area contributed by atoms with E-state index in [1.165, 1.54) is 0 Å². The van der Waals surface area contributed by atoms with E-state index in [2.05, 4.69) is 5.32 Å². The van der Waals surface area contributed by atoms with Crippen LogP contribution in [0.3, 0.4) is 0 Å². The largest absolute Gasteiger partial charge is 0.372 e. The van der Waals surface area contributed by atoms with Crippen LogP contribution in [0.2, 0.25) is 5.02 Å². The number of carbonyl (C=O) groups excluding carboxylic acids is 2. The van der Waals surface area contributed by atoms with E-state index in [1.807, 2.05) is 24.0 Å². The fraction of sp³-hybridized carbons (Fsp3) is 0.500. The minimum atomic E-state index is -0.104. The first-order valence-electron chi connectivity index (χ1n) is 7.72. The molecule has 1 N–H and O–H groups in total. The molecule has 0 bridgehead atoms. The molecule has 0 radical (unpaired) electrons. The topological polar surface area (TPSA) is 61.9 Å². The number of anilines is 1. The first-order valence-corrected chi connectivity index (χ1v) is 8.10. The molecule has 1 aromatic carbocycles. The van der Waals surface area contributed by atoms with Gasteiger partial charge in [0.2, 0.25) is 11.8 Å². The van der Waals surface area contributed by atoms with Gasteiger partial charge in [-0.2, -0.15) is 0 Å². The second-order valence-corrected chi connectivity index (χ2v) is 5.73. The van der Waals surface area contributed by atoms with Gasteiger partial charge in [-0.05, 0) is 19.1 Å². The van der Waals surface area contributed by atoms with Gasteiger partial charge in [0.05, 0.1) is 17.3 Å². The molecule has 2 rings (SSSR count). The summed E-state index contributed by atoms with van der Waals surface area (Å²) in [5.74, 6) is -0.0980. The first kappa shape index (κ1) is 17.7. The van der Waals surface area contributed by atoms with E-state index in [4.69, 9.17) is 16.3 Å². The van der Waals surface area contributed by atoms with E-state index >= 15 is 0 Å². The Morgan fingerprint density at radius 1 is 1.22 bits per heavy atom. The highest BCUT2D eigenvalue weighted by atomic mass is 35.5. The maximum absolute atomic E-state index is 12.1. The normalized spacial score (nSPS) is 15.5. The van der Waals surface area contributed by atoms with E-state index in [-0.39, 0.29) is 18.4 Å². The summed E-state index contributed by atoms with van der Waals surface area (Å²) in [6.07, 6.45) is 0. The average molecular weight is 340 g/mol. The van der Waals surface area contributed by atoms with Crippen molar-refractivity contribution in [3.8, 4) is 0 Å². The van der Waals surface area contributed by atoms with Crippen LogP contribution in [0.15, 0.2) is 24.3 Å². The van der Waals surface area contributed by atoms with Crippen LogP contribution < -0.4 is 5.32 Å². The Kier molecular flexibility index (Phi) is 6.83. The van der Waals surface area contributed by atoms with Crippen LogP contribution in [0.1, 0.15) is 6.92 Å². The summed E-state index contributed by atoms with van der Waals surface area (Å²) in [7, 11) is 0. The van der Waals surface area contributed by atoms with Crippen LogP contribution in [0.4, 0.5) is 5.69 Å². The van der Waals surface area contributed by atoms with Gasteiger partial charge in [0.25, 0.3) is 0 Å². The molecular weight excluding hydrogens is 318 g/mol. The van der Waals surface area contributed by atoms with Gasteiger partial charge in [-0.3, -0.25) is 14.5 Å². The molecule has 7 heteroatoms. The summed E-state index contributed by atoms with van der Waals surface area (Å²) < 4.78 is 5.14. The van der Waals surface area contributed by atoms with Gasteiger partial charge in [-0.1, -0.05) is 23.7 Å². The minimum Gasteiger partial charge on any atom is -0.372 e. The number of carbonyl (C=O) groups is 2. The summed E-state index contributed by atoms with van der Waals surface area (Å²) >= 11 is 6.02. The van der Waals surface area contributed by atoms with Gasteiger partial charge < -0.3 is 15.0 Å². The van der Waals surface area contributed by atoms with Crippen LogP contribution in [-0.4, -0.2) is 67.6 Å². The molecule has 1 saturated heterocycles. The lowest BCUT2D eigenvalue weighted by molar-refractivity contribution is -0.137. The molecule has 1 aliphatic heterocycles. The van der Waals surface area contributed by atoms with Crippen molar-refractivity contribution in [3.63, 3.8) is 0 Å². The molecule has 0 aromatic heterocycles. The second kappa shape index (κ2) is 8.86. The summed E-state index contributed by atoms with van der Waals surface area (Å²) in [6.45, 7) is 5.40. The van der Waals surface area contributed by atoms with Gasteiger partial charge >= 0.3 is 0 Å². The van der Waals surface area contributed by atoms with Crippen molar-refractivity contribution in [3.05, 3.63) is 29.3 Å². The van der Waals surface area contributed by atoms with E-state index in [0.717, 1.165) is 0 Å². The molecule has 1 heterocycles. The fourth-order valence-electron chi connectivity index (χ4n) is 2.39. The maximum Gasteiger partial charge on any atom is 0.248 e. The lowest BCUT2D eigenvalue weighted by atomic mass is 10.3. The van der Waals surface area contributed by atoms with Gasteiger partial charge in [-0.25, -0.2) is 0 Å². The molecule has 1 fully saturated rings. The van der Waals surface area contributed by atoms with Crippen LogP contribution in [0.5, 0.6) is 0 Å². The number of ether oxygens (including phenoxy) is 1. The van der Waals surface area contributed by atoms with Crippen molar-refractivity contribution in [2.24, 2.45) is 0 Å². The Morgan fingerprint density at radius 2 is 1.91 bits per heavy atom. The first-order chi connectivity index (χ1) is 11.1. The van der Waals surface area contributed by atoms with E-state index in [0.29, 0.717) is 50.0 Å². The predicted molar refractivity (Wildman–Crippen MR) is 89.6 cm³/mol. The zero-order chi connectivity index (χ0) is 16.7. The van der Waals surface area contributed by atoms with Crippen molar-refractivity contribution < 1.29 is 14.3 Å². The third-order valence-electron chi connectivity index (χ3n) is 3.67.